The van der Waals surface area contributed by atoms with Gasteiger partial charge in [0, 0.05) is 24.6 Å². The van der Waals surface area contributed by atoms with Crippen LogP contribution in [-0.2, 0) is 21.3 Å². The SMILES string of the molecule is O=C([O-])c1ccc(S(=O)(=O)N(Cc2cccs2)C[C@@H]2CCCO2)cc1. The molecule has 0 amide bonds. The van der Waals surface area contributed by atoms with Crippen molar-refractivity contribution in [1.29, 1.82) is 0 Å². The van der Waals surface area contributed by atoms with Gasteiger partial charge in [-0.1, -0.05) is 18.2 Å². The standard InChI is InChI=1S/C17H19NO5S2/c19-17(20)13-5-7-16(8-6-13)25(21,22)18(11-14-3-1-9-23-14)12-15-4-2-10-24-15/h2,4-8,10,14H,1,3,9,11-12H2,(H,19,20)/p-1/t14-/m0/s1. The molecule has 0 saturated carbocycles. The van der Waals surface area contributed by atoms with Gasteiger partial charge in [-0.25, -0.2) is 8.42 Å². The fourth-order valence-electron chi connectivity index (χ4n) is 2.75. The number of hydrogen-bond acceptors (Lipinski definition) is 6. The highest BCUT2D eigenvalue weighted by Gasteiger charge is 2.29. The van der Waals surface area contributed by atoms with Crippen molar-refractivity contribution in [2.24, 2.45) is 0 Å². The van der Waals surface area contributed by atoms with Crippen molar-refractivity contribution in [2.45, 2.75) is 30.4 Å². The van der Waals surface area contributed by atoms with Crippen LogP contribution in [0.5, 0.6) is 0 Å². The number of hydrogen-bond donors (Lipinski definition) is 0. The molecule has 25 heavy (non-hydrogen) atoms. The third-order valence-corrected chi connectivity index (χ3v) is 6.76. The van der Waals surface area contributed by atoms with Gasteiger partial charge >= 0.3 is 0 Å². The molecule has 0 aliphatic carbocycles. The Morgan fingerprint density at radius 2 is 2.04 bits per heavy atom. The van der Waals surface area contributed by atoms with E-state index in [9.17, 15) is 18.3 Å². The van der Waals surface area contributed by atoms with E-state index in [0.717, 1.165) is 17.7 Å². The maximum absolute atomic E-state index is 13.0. The van der Waals surface area contributed by atoms with Gasteiger partial charge in [0.25, 0.3) is 0 Å². The monoisotopic (exact) mass is 380 g/mol. The number of benzene rings is 1. The highest BCUT2D eigenvalue weighted by Crippen LogP contribution is 2.24. The first-order valence-electron chi connectivity index (χ1n) is 7.92. The first-order valence-corrected chi connectivity index (χ1v) is 10.2. The van der Waals surface area contributed by atoms with Crippen LogP contribution < -0.4 is 5.11 Å². The molecule has 1 atom stereocenters. The third-order valence-electron chi connectivity index (χ3n) is 4.07. The fourth-order valence-corrected chi connectivity index (χ4v) is 5.00. The maximum atomic E-state index is 13.0. The minimum absolute atomic E-state index is 0.0529. The molecule has 1 aliphatic heterocycles. The molecule has 0 radical (unpaired) electrons. The van der Waals surface area contributed by atoms with E-state index in [-0.39, 0.29) is 29.7 Å². The van der Waals surface area contributed by atoms with Crippen LogP contribution in [0.1, 0.15) is 28.1 Å². The second-order valence-corrected chi connectivity index (χ2v) is 8.79. The van der Waals surface area contributed by atoms with Gasteiger partial charge in [-0.05, 0) is 42.0 Å². The van der Waals surface area contributed by atoms with Gasteiger partial charge in [0.15, 0.2) is 0 Å². The summed E-state index contributed by atoms with van der Waals surface area (Å²) in [6.45, 7) is 1.20. The second-order valence-electron chi connectivity index (χ2n) is 5.82. The number of carboxylic acids is 1. The van der Waals surface area contributed by atoms with E-state index in [1.54, 1.807) is 0 Å². The Kier molecular flexibility index (Phi) is 5.53. The van der Waals surface area contributed by atoms with Gasteiger partial charge in [0.2, 0.25) is 10.0 Å². The van der Waals surface area contributed by atoms with Crippen LogP contribution in [0, 0.1) is 0 Å². The molecule has 1 aromatic heterocycles. The number of aromatic carboxylic acids is 1. The predicted molar refractivity (Wildman–Crippen MR) is 91.7 cm³/mol. The largest absolute Gasteiger partial charge is 0.545 e. The highest BCUT2D eigenvalue weighted by molar-refractivity contribution is 7.89. The lowest BCUT2D eigenvalue weighted by atomic mass is 10.2. The molecule has 0 spiro atoms. The lowest BCUT2D eigenvalue weighted by molar-refractivity contribution is -0.255. The predicted octanol–water partition coefficient (Wildman–Crippen LogP) is 1.48. The summed E-state index contributed by atoms with van der Waals surface area (Å²) >= 11 is 1.49. The second kappa shape index (κ2) is 7.65. The quantitative estimate of drug-likeness (QED) is 0.726. The summed E-state index contributed by atoms with van der Waals surface area (Å²) in [5.74, 6) is -1.33. The van der Waals surface area contributed by atoms with E-state index < -0.39 is 16.0 Å². The van der Waals surface area contributed by atoms with Gasteiger partial charge in [-0.2, -0.15) is 4.31 Å². The number of nitrogens with zero attached hydrogens (tertiary/aromatic N) is 1. The highest BCUT2D eigenvalue weighted by atomic mass is 32.2. The van der Waals surface area contributed by atoms with E-state index in [4.69, 9.17) is 4.74 Å². The number of thiophene rings is 1. The smallest absolute Gasteiger partial charge is 0.243 e. The van der Waals surface area contributed by atoms with Crippen LogP contribution >= 0.6 is 11.3 Å². The van der Waals surface area contributed by atoms with Crippen molar-refractivity contribution in [3.8, 4) is 0 Å². The van der Waals surface area contributed by atoms with Gasteiger partial charge in [-0.3, -0.25) is 0 Å². The van der Waals surface area contributed by atoms with E-state index in [1.807, 2.05) is 17.5 Å². The molecular formula is C17H18NO5S2-. The van der Waals surface area contributed by atoms with Gasteiger partial charge in [0.1, 0.15) is 0 Å². The minimum Gasteiger partial charge on any atom is -0.545 e. The van der Waals surface area contributed by atoms with E-state index in [2.05, 4.69) is 0 Å². The molecule has 0 bridgehead atoms. The maximum Gasteiger partial charge on any atom is 0.243 e. The molecule has 3 rings (SSSR count). The molecule has 0 unspecified atom stereocenters. The number of sulfonamides is 1. The van der Waals surface area contributed by atoms with Crippen molar-refractivity contribution in [3.63, 3.8) is 0 Å². The molecule has 1 saturated heterocycles. The zero-order chi connectivity index (χ0) is 17.9. The van der Waals surface area contributed by atoms with Gasteiger partial charge < -0.3 is 14.6 Å². The van der Waals surface area contributed by atoms with Crippen LogP contribution in [0.2, 0.25) is 0 Å². The van der Waals surface area contributed by atoms with E-state index in [0.29, 0.717) is 6.61 Å². The first-order chi connectivity index (χ1) is 12.0. The Morgan fingerprint density at radius 3 is 2.60 bits per heavy atom. The van der Waals surface area contributed by atoms with Crippen LogP contribution in [0.15, 0.2) is 46.7 Å². The molecule has 134 valence electrons. The normalized spacial score (nSPS) is 17.9. The minimum atomic E-state index is -3.76. The lowest BCUT2D eigenvalue weighted by Gasteiger charge is -2.24. The Bertz CT molecular complexity index is 809. The van der Waals surface area contributed by atoms with Crippen LogP contribution in [-0.4, -0.2) is 37.9 Å². The Labute approximate surface area is 150 Å². The van der Waals surface area contributed by atoms with Crippen molar-refractivity contribution < 1.29 is 23.1 Å². The van der Waals surface area contributed by atoms with Crippen LogP contribution in [0.25, 0.3) is 0 Å². The van der Waals surface area contributed by atoms with Crippen LogP contribution in [0.4, 0.5) is 0 Å². The number of carboxylic acid groups (broad SMARTS) is 1. The third kappa shape index (κ3) is 4.27. The summed E-state index contributed by atoms with van der Waals surface area (Å²) in [6, 6.07) is 8.87. The molecule has 6 nitrogen and oxygen atoms in total. The molecule has 2 aromatic rings. The van der Waals surface area contributed by atoms with E-state index in [1.165, 1.54) is 39.9 Å². The van der Waals surface area contributed by atoms with Crippen molar-refractivity contribution in [1.82, 2.24) is 4.31 Å². The summed E-state index contributed by atoms with van der Waals surface area (Å²) in [4.78, 5) is 11.9. The van der Waals surface area contributed by atoms with Crippen molar-refractivity contribution in [3.05, 3.63) is 52.2 Å². The van der Waals surface area contributed by atoms with E-state index >= 15 is 0 Å². The average Bonchev–Trinajstić information content (AvgIpc) is 3.28. The molecule has 8 heteroatoms. The summed E-state index contributed by atoms with van der Waals surface area (Å²) in [7, 11) is -3.76. The molecule has 1 aromatic carbocycles. The molecule has 1 aliphatic rings. The van der Waals surface area contributed by atoms with Crippen molar-refractivity contribution >= 4 is 27.3 Å². The molecule has 1 fully saturated rings. The van der Waals surface area contributed by atoms with Crippen molar-refractivity contribution in [2.75, 3.05) is 13.2 Å². The Balaban J connectivity index is 1.87. The fraction of sp³-hybridized carbons (Fsp3) is 0.353. The number of rotatable bonds is 7. The summed E-state index contributed by atoms with van der Waals surface area (Å²) in [6.07, 6.45) is 1.65. The average molecular weight is 380 g/mol. The molecule has 2 heterocycles. The zero-order valence-electron chi connectivity index (χ0n) is 13.5. The van der Waals surface area contributed by atoms with Gasteiger partial charge in [-0.15, -0.1) is 11.3 Å². The number of carbonyl (C=O) groups is 1. The zero-order valence-corrected chi connectivity index (χ0v) is 15.1. The summed E-state index contributed by atoms with van der Waals surface area (Å²) in [5.41, 5.74) is -0.0529. The Hall–Kier alpha value is -1.74. The topological polar surface area (TPSA) is 86.7 Å². The number of ether oxygens (including phenoxy) is 1. The lowest BCUT2D eigenvalue weighted by Crippen LogP contribution is -2.36. The summed E-state index contributed by atoms with van der Waals surface area (Å²) in [5, 5.41) is 12.8. The van der Waals surface area contributed by atoms with Gasteiger partial charge in [0.05, 0.1) is 17.0 Å². The number of carbonyl (C=O) groups excluding carboxylic acids is 1. The summed E-state index contributed by atoms with van der Waals surface area (Å²) < 4.78 is 33.1. The molecular weight excluding hydrogens is 362 g/mol. The Morgan fingerprint density at radius 1 is 1.28 bits per heavy atom. The molecule has 0 N–H and O–H groups in total. The van der Waals surface area contributed by atoms with Crippen LogP contribution in [0.3, 0.4) is 0 Å². The first kappa shape index (κ1) is 18.1.